The number of aliphatic hydroxyl groups excluding tert-OH is 1. The van der Waals surface area contributed by atoms with Gasteiger partial charge in [0.05, 0.1) is 36.3 Å². The van der Waals surface area contributed by atoms with Gasteiger partial charge in [0.25, 0.3) is 5.56 Å². The molecule has 8 nitrogen and oxygen atoms in total. The topological polar surface area (TPSA) is 106 Å². The maximum atomic E-state index is 12.5. The minimum absolute atomic E-state index is 0. The number of aromatic nitrogens is 3. The number of esters is 1. The van der Waals surface area contributed by atoms with Gasteiger partial charge in [-0.15, -0.1) is 12.4 Å². The molecular weight excluding hydrogens is 494 g/mol. The van der Waals surface area contributed by atoms with Crippen LogP contribution in [0.5, 0.6) is 0 Å². The highest BCUT2D eigenvalue weighted by Gasteiger charge is 2.26. The first kappa shape index (κ1) is 28.9. The molecule has 1 aliphatic rings. The number of nitrogens with zero attached hydrogens (tertiary/aromatic N) is 2. The van der Waals surface area contributed by atoms with Gasteiger partial charge in [-0.25, -0.2) is 4.98 Å². The minimum Gasteiger partial charge on any atom is -0.465 e. The van der Waals surface area contributed by atoms with Gasteiger partial charge in [-0.05, 0) is 62.8 Å². The van der Waals surface area contributed by atoms with Crippen LogP contribution in [0.4, 0.5) is 0 Å². The predicted molar refractivity (Wildman–Crippen MR) is 146 cm³/mol. The maximum Gasteiger partial charge on any atom is 0.311 e. The van der Waals surface area contributed by atoms with Gasteiger partial charge in [-0.1, -0.05) is 19.9 Å². The average Bonchev–Trinajstić information content (AvgIpc) is 3.47. The molecule has 1 fully saturated rings. The SMILES string of the molecule is Cc1cc(-c2nc3cc(CC[C@H](C(=O)OCC(C)C)[C@@H](C)O)ccc3n2CC2CCOC2)c[nH]c1=O.Cl. The first-order valence-corrected chi connectivity index (χ1v) is 12.8. The van der Waals surface area contributed by atoms with Gasteiger partial charge in [-0.2, -0.15) is 0 Å². The number of halogens is 1. The van der Waals surface area contributed by atoms with Crippen molar-refractivity contribution in [3.05, 3.63) is 51.9 Å². The van der Waals surface area contributed by atoms with Crippen LogP contribution >= 0.6 is 12.4 Å². The molecule has 0 spiro atoms. The lowest BCUT2D eigenvalue weighted by Crippen LogP contribution is -2.29. The molecule has 1 aliphatic heterocycles. The predicted octanol–water partition coefficient (Wildman–Crippen LogP) is 4.29. The number of aliphatic hydroxyl groups is 1. The summed E-state index contributed by atoms with van der Waals surface area (Å²) in [6.45, 7) is 10.1. The van der Waals surface area contributed by atoms with Gasteiger partial charge < -0.3 is 24.1 Å². The summed E-state index contributed by atoms with van der Waals surface area (Å²) in [4.78, 5) is 32.2. The van der Waals surface area contributed by atoms with Crippen LogP contribution in [0, 0.1) is 24.7 Å². The molecule has 1 saturated heterocycles. The number of carbonyl (C=O) groups excluding carboxylic acids is 1. The summed E-state index contributed by atoms with van der Waals surface area (Å²) in [5.74, 6) is 0.552. The minimum atomic E-state index is -0.781. The average molecular weight is 532 g/mol. The van der Waals surface area contributed by atoms with Crippen LogP contribution in [-0.4, -0.2) is 51.5 Å². The van der Waals surface area contributed by atoms with Gasteiger partial charge in [0.2, 0.25) is 0 Å². The summed E-state index contributed by atoms with van der Waals surface area (Å²) < 4.78 is 13.2. The molecule has 3 aromatic rings. The number of hydrogen-bond acceptors (Lipinski definition) is 6. The summed E-state index contributed by atoms with van der Waals surface area (Å²) in [6.07, 6.45) is 3.06. The Balaban J connectivity index is 0.00000380. The van der Waals surface area contributed by atoms with E-state index in [0.717, 1.165) is 54.2 Å². The summed E-state index contributed by atoms with van der Waals surface area (Å²) in [5.41, 5.74) is 4.33. The number of ether oxygens (including phenoxy) is 2. The van der Waals surface area contributed by atoms with Gasteiger partial charge in [0.15, 0.2) is 0 Å². The molecule has 0 aliphatic carbocycles. The first-order chi connectivity index (χ1) is 17.2. The van der Waals surface area contributed by atoms with Gasteiger partial charge in [-0.3, -0.25) is 9.59 Å². The third-order valence-electron chi connectivity index (χ3n) is 6.81. The van der Waals surface area contributed by atoms with E-state index in [1.54, 1.807) is 20.0 Å². The van der Waals surface area contributed by atoms with E-state index in [4.69, 9.17) is 14.5 Å². The molecule has 2 N–H and O–H groups in total. The second-order valence-electron chi connectivity index (χ2n) is 10.4. The Morgan fingerprint density at radius 1 is 1.30 bits per heavy atom. The van der Waals surface area contributed by atoms with Crippen molar-refractivity contribution in [2.45, 2.75) is 59.6 Å². The van der Waals surface area contributed by atoms with Crippen LogP contribution in [-0.2, 0) is 27.2 Å². The van der Waals surface area contributed by atoms with E-state index in [1.807, 2.05) is 19.9 Å². The zero-order valence-corrected chi connectivity index (χ0v) is 22.8. The number of nitrogens with one attached hydrogen (secondary N) is 1. The van der Waals surface area contributed by atoms with Crippen LogP contribution < -0.4 is 5.56 Å². The standard InChI is InChI=1S/C28H37N3O5.ClH/c1-17(2)15-36-28(34)23(19(4)32)7-5-20-6-8-25-24(12-20)30-26(22-11-18(3)27(33)29-13-22)31(25)14-21-9-10-35-16-21;/h6,8,11-13,17,19,21,23,32H,5,7,9-10,14-16H2,1-4H3,(H,29,33);1H/t19-,21?,23+;/m1./s1. The summed E-state index contributed by atoms with van der Waals surface area (Å²) in [5, 5.41) is 10.2. The Hall–Kier alpha value is -2.68. The Morgan fingerprint density at radius 2 is 2.08 bits per heavy atom. The number of H-pyrrole nitrogens is 1. The van der Waals surface area contributed by atoms with Gasteiger partial charge >= 0.3 is 5.97 Å². The molecule has 0 radical (unpaired) electrons. The molecule has 4 rings (SSSR count). The van der Waals surface area contributed by atoms with Crippen LogP contribution in [0.15, 0.2) is 35.3 Å². The molecule has 3 atom stereocenters. The zero-order valence-electron chi connectivity index (χ0n) is 22.0. The zero-order chi connectivity index (χ0) is 25.8. The van der Waals surface area contributed by atoms with Crippen molar-refractivity contribution in [2.24, 2.45) is 17.8 Å². The molecular formula is C28H38ClN3O5. The Labute approximate surface area is 223 Å². The van der Waals surface area contributed by atoms with Crippen molar-refractivity contribution in [1.29, 1.82) is 0 Å². The lowest BCUT2D eigenvalue weighted by atomic mass is 9.95. The van der Waals surface area contributed by atoms with Crippen molar-refractivity contribution >= 4 is 29.4 Å². The van der Waals surface area contributed by atoms with Crippen molar-refractivity contribution < 1.29 is 19.4 Å². The highest BCUT2D eigenvalue weighted by atomic mass is 35.5. The smallest absolute Gasteiger partial charge is 0.311 e. The Kier molecular flexibility index (Phi) is 9.93. The second kappa shape index (κ2) is 12.7. The molecule has 1 unspecified atom stereocenters. The number of aromatic amines is 1. The van der Waals surface area contributed by atoms with Gasteiger partial charge in [0.1, 0.15) is 5.82 Å². The van der Waals surface area contributed by atoms with Crippen LogP contribution in [0.1, 0.15) is 44.7 Å². The molecule has 1 aromatic carbocycles. The quantitative estimate of drug-likeness (QED) is 0.378. The maximum absolute atomic E-state index is 12.5. The lowest BCUT2D eigenvalue weighted by molar-refractivity contribution is -0.153. The summed E-state index contributed by atoms with van der Waals surface area (Å²) >= 11 is 0. The number of aryl methyl sites for hydroxylation is 2. The van der Waals surface area contributed by atoms with E-state index < -0.39 is 12.0 Å². The van der Waals surface area contributed by atoms with Crippen molar-refractivity contribution in [3.8, 4) is 11.4 Å². The lowest BCUT2D eigenvalue weighted by Gasteiger charge is -2.19. The molecule has 202 valence electrons. The van der Waals surface area contributed by atoms with Crippen molar-refractivity contribution in [3.63, 3.8) is 0 Å². The number of hydrogen-bond donors (Lipinski definition) is 2. The van der Waals surface area contributed by atoms with Gasteiger partial charge in [0, 0.05) is 36.4 Å². The number of carbonyl (C=O) groups is 1. The molecule has 9 heteroatoms. The van der Waals surface area contributed by atoms with Crippen LogP contribution in [0.25, 0.3) is 22.4 Å². The largest absolute Gasteiger partial charge is 0.465 e. The third-order valence-corrected chi connectivity index (χ3v) is 6.81. The fourth-order valence-corrected chi connectivity index (χ4v) is 4.68. The monoisotopic (exact) mass is 531 g/mol. The van der Waals surface area contributed by atoms with E-state index in [2.05, 4.69) is 27.8 Å². The fourth-order valence-electron chi connectivity index (χ4n) is 4.68. The van der Waals surface area contributed by atoms with Crippen molar-refractivity contribution in [2.75, 3.05) is 19.8 Å². The first-order valence-electron chi connectivity index (χ1n) is 12.8. The van der Waals surface area contributed by atoms with Crippen LogP contribution in [0.2, 0.25) is 0 Å². The molecule has 0 amide bonds. The molecule has 0 saturated carbocycles. The molecule has 3 heterocycles. The number of imidazole rings is 1. The second-order valence-corrected chi connectivity index (χ2v) is 10.4. The third kappa shape index (κ3) is 7.00. The van der Waals surface area contributed by atoms with Crippen molar-refractivity contribution in [1.82, 2.24) is 14.5 Å². The van der Waals surface area contributed by atoms with Crippen LogP contribution in [0.3, 0.4) is 0 Å². The molecule has 37 heavy (non-hydrogen) atoms. The fraction of sp³-hybridized carbons (Fsp3) is 0.536. The number of pyridine rings is 1. The van der Waals surface area contributed by atoms with E-state index in [0.29, 0.717) is 30.9 Å². The van der Waals surface area contributed by atoms with E-state index >= 15 is 0 Å². The summed E-state index contributed by atoms with van der Waals surface area (Å²) in [6, 6.07) is 8.06. The Bertz CT molecular complexity index is 1260. The molecule has 0 bridgehead atoms. The normalized spacial score (nSPS) is 17.1. The van der Waals surface area contributed by atoms with E-state index in [9.17, 15) is 14.7 Å². The van der Waals surface area contributed by atoms with E-state index in [-0.39, 0.29) is 29.9 Å². The number of benzene rings is 1. The highest BCUT2D eigenvalue weighted by molar-refractivity contribution is 5.85. The highest BCUT2D eigenvalue weighted by Crippen LogP contribution is 2.29. The van der Waals surface area contributed by atoms with E-state index in [1.165, 1.54) is 0 Å². The number of rotatable bonds is 10. The Morgan fingerprint density at radius 3 is 2.73 bits per heavy atom. The number of fused-ring (bicyclic) bond motifs is 1. The molecule has 2 aromatic heterocycles. The summed E-state index contributed by atoms with van der Waals surface area (Å²) in [7, 11) is 0.